The minimum Gasteiger partial charge on any atom is -0.508 e. The molecule has 2 aromatic carbocycles. The molecule has 0 spiro atoms. The number of ether oxygens (including phenoxy) is 2. The monoisotopic (exact) mass is 447 g/mol. The molecule has 11 heteroatoms. The first-order valence-corrected chi connectivity index (χ1v) is 8.80. The number of hydrogen-bond acceptors (Lipinski definition) is 5. The summed E-state index contributed by atoms with van der Waals surface area (Å²) in [6.45, 7) is 4.61. The maximum Gasteiger partial charge on any atom is 0.408 e. The molecule has 1 atom stereocenters. The third-order valence-electron chi connectivity index (χ3n) is 3.72. The van der Waals surface area contributed by atoms with E-state index < -0.39 is 58.5 Å². The van der Waals surface area contributed by atoms with Crippen molar-refractivity contribution in [2.75, 3.05) is 0 Å². The van der Waals surface area contributed by atoms with Crippen LogP contribution >= 0.6 is 0 Å². The van der Waals surface area contributed by atoms with Gasteiger partial charge in [-0.3, -0.25) is 0 Å². The first-order valence-electron chi connectivity index (χ1n) is 8.80. The third kappa shape index (κ3) is 6.06. The van der Waals surface area contributed by atoms with Crippen LogP contribution in [0.1, 0.15) is 26.3 Å². The summed E-state index contributed by atoms with van der Waals surface area (Å²) in [5.74, 6) is -15.1. The van der Waals surface area contributed by atoms with E-state index in [1.165, 1.54) is 45.0 Å². The van der Waals surface area contributed by atoms with Crippen LogP contribution in [0, 0.1) is 29.1 Å². The highest BCUT2D eigenvalue weighted by atomic mass is 19.2. The second-order valence-corrected chi connectivity index (χ2v) is 7.39. The van der Waals surface area contributed by atoms with E-state index in [9.17, 15) is 36.6 Å². The van der Waals surface area contributed by atoms with Crippen molar-refractivity contribution in [1.82, 2.24) is 5.32 Å². The van der Waals surface area contributed by atoms with E-state index in [1.54, 1.807) is 0 Å². The van der Waals surface area contributed by atoms with Crippen LogP contribution < -0.4 is 10.1 Å². The standard InChI is InChI=1S/C20H18F5NO5/c1-20(2,3)31-19(29)26-11(8-9-4-6-10(27)7-5-9)18(28)30-17-15(24)13(22)12(21)14(23)16(17)25/h4-7,11,27H,8H2,1-3H3,(H,26,29)/t11-/m0/s1. The summed E-state index contributed by atoms with van der Waals surface area (Å²) in [7, 11) is 0. The number of benzene rings is 2. The maximum atomic E-state index is 13.8. The van der Waals surface area contributed by atoms with Gasteiger partial charge in [0.15, 0.2) is 0 Å². The van der Waals surface area contributed by atoms with Gasteiger partial charge in [-0.2, -0.15) is 8.78 Å². The molecule has 0 unspecified atom stereocenters. The molecule has 2 N–H and O–H groups in total. The van der Waals surface area contributed by atoms with Gasteiger partial charge in [-0.05, 0) is 38.5 Å². The van der Waals surface area contributed by atoms with Crippen molar-refractivity contribution < 1.29 is 46.1 Å². The van der Waals surface area contributed by atoms with E-state index >= 15 is 0 Å². The molecule has 0 aliphatic carbocycles. The molecule has 2 rings (SSSR count). The lowest BCUT2D eigenvalue weighted by Crippen LogP contribution is -2.46. The molecule has 0 aromatic heterocycles. The van der Waals surface area contributed by atoms with Gasteiger partial charge in [0.1, 0.15) is 17.4 Å². The van der Waals surface area contributed by atoms with Gasteiger partial charge in [0.2, 0.25) is 34.8 Å². The summed E-state index contributed by atoms with van der Waals surface area (Å²) in [4.78, 5) is 24.5. The van der Waals surface area contributed by atoms with Crippen molar-refractivity contribution in [2.45, 2.75) is 38.8 Å². The van der Waals surface area contributed by atoms with Crippen LogP contribution in [0.15, 0.2) is 24.3 Å². The quantitative estimate of drug-likeness (QED) is 0.237. The Kier molecular flexibility index (Phi) is 7.09. The smallest absolute Gasteiger partial charge is 0.408 e. The van der Waals surface area contributed by atoms with E-state index in [0.29, 0.717) is 5.56 Å². The summed E-state index contributed by atoms with van der Waals surface area (Å²) in [6.07, 6.45) is -1.40. The first kappa shape index (κ1) is 23.9. The van der Waals surface area contributed by atoms with E-state index in [0.717, 1.165) is 0 Å². The highest BCUT2D eigenvalue weighted by Gasteiger charge is 2.32. The molecular weight excluding hydrogens is 429 g/mol. The lowest BCUT2D eigenvalue weighted by molar-refractivity contribution is -0.137. The number of nitrogens with one attached hydrogen (secondary N) is 1. The first-order chi connectivity index (χ1) is 14.3. The third-order valence-corrected chi connectivity index (χ3v) is 3.72. The molecule has 0 heterocycles. The number of rotatable bonds is 5. The fraction of sp³-hybridized carbons (Fsp3) is 0.300. The van der Waals surface area contributed by atoms with Crippen LogP contribution in [-0.2, 0) is 16.0 Å². The highest BCUT2D eigenvalue weighted by molar-refractivity contribution is 5.83. The number of aromatic hydroxyl groups is 1. The zero-order valence-electron chi connectivity index (χ0n) is 16.6. The van der Waals surface area contributed by atoms with Crippen molar-refractivity contribution >= 4 is 12.1 Å². The van der Waals surface area contributed by atoms with Gasteiger partial charge in [0.25, 0.3) is 0 Å². The number of carbonyl (C=O) groups excluding carboxylic acids is 2. The lowest BCUT2D eigenvalue weighted by Gasteiger charge is -2.23. The van der Waals surface area contributed by atoms with Crippen molar-refractivity contribution in [1.29, 1.82) is 0 Å². The Labute approximate surface area is 173 Å². The van der Waals surface area contributed by atoms with Crippen LogP contribution in [0.3, 0.4) is 0 Å². The summed E-state index contributed by atoms with van der Waals surface area (Å²) < 4.78 is 77.0. The van der Waals surface area contributed by atoms with Gasteiger partial charge >= 0.3 is 12.1 Å². The van der Waals surface area contributed by atoms with E-state index in [2.05, 4.69) is 10.1 Å². The number of phenols is 1. The van der Waals surface area contributed by atoms with Crippen LogP contribution in [0.25, 0.3) is 0 Å². The SMILES string of the molecule is CC(C)(C)OC(=O)N[C@@H](Cc1ccc(O)cc1)C(=O)Oc1c(F)c(F)c(F)c(F)c1F. The summed E-state index contributed by atoms with van der Waals surface area (Å²) in [6, 6.07) is 3.68. The Balaban J connectivity index is 2.33. The number of alkyl carbamates (subject to hydrolysis) is 1. The molecular formula is C20H18F5NO5. The van der Waals surface area contributed by atoms with Crippen molar-refractivity contribution in [2.24, 2.45) is 0 Å². The predicted octanol–water partition coefficient (Wildman–Crippen LogP) is 4.13. The van der Waals surface area contributed by atoms with Gasteiger partial charge in [-0.25, -0.2) is 22.8 Å². The normalized spacial score (nSPS) is 12.3. The van der Waals surface area contributed by atoms with Crippen LogP contribution in [0.4, 0.5) is 26.7 Å². The molecule has 0 aliphatic heterocycles. The van der Waals surface area contributed by atoms with Gasteiger partial charge in [-0.15, -0.1) is 0 Å². The lowest BCUT2D eigenvalue weighted by atomic mass is 10.1. The molecule has 0 saturated carbocycles. The largest absolute Gasteiger partial charge is 0.508 e. The van der Waals surface area contributed by atoms with E-state index in [4.69, 9.17) is 4.74 Å². The molecule has 0 fully saturated rings. The molecule has 0 saturated heterocycles. The van der Waals surface area contributed by atoms with Crippen LogP contribution in [0.2, 0.25) is 0 Å². The topological polar surface area (TPSA) is 84.9 Å². The molecule has 31 heavy (non-hydrogen) atoms. The number of halogens is 5. The molecule has 2 aromatic rings. The Morgan fingerprint density at radius 2 is 1.42 bits per heavy atom. The van der Waals surface area contributed by atoms with Crippen molar-refractivity contribution in [3.63, 3.8) is 0 Å². The molecule has 6 nitrogen and oxygen atoms in total. The molecule has 0 aliphatic rings. The van der Waals surface area contributed by atoms with Gasteiger partial charge in [-0.1, -0.05) is 12.1 Å². The van der Waals surface area contributed by atoms with Crippen molar-refractivity contribution in [3.8, 4) is 11.5 Å². The Bertz CT molecular complexity index is 960. The number of phenolic OH excluding ortho intramolecular Hbond substituents is 1. The predicted molar refractivity (Wildman–Crippen MR) is 96.8 cm³/mol. The minimum absolute atomic E-state index is 0.0932. The van der Waals surface area contributed by atoms with Gasteiger partial charge in [0, 0.05) is 6.42 Å². The number of esters is 1. The van der Waals surface area contributed by atoms with E-state index in [-0.39, 0.29) is 12.2 Å². The second-order valence-electron chi connectivity index (χ2n) is 7.39. The van der Waals surface area contributed by atoms with E-state index in [1.807, 2.05) is 0 Å². The summed E-state index contributed by atoms with van der Waals surface area (Å²) in [5.41, 5.74) is -0.591. The second kappa shape index (κ2) is 9.19. The zero-order chi connectivity index (χ0) is 23.5. The molecule has 0 radical (unpaired) electrons. The van der Waals surface area contributed by atoms with Crippen molar-refractivity contribution in [3.05, 3.63) is 58.9 Å². The number of amides is 1. The minimum atomic E-state index is -2.41. The Morgan fingerprint density at radius 1 is 0.935 bits per heavy atom. The van der Waals surface area contributed by atoms with Crippen LogP contribution in [0.5, 0.6) is 11.5 Å². The highest BCUT2D eigenvalue weighted by Crippen LogP contribution is 2.29. The number of hydrogen-bond donors (Lipinski definition) is 2. The maximum absolute atomic E-state index is 13.8. The average molecular weight is 447 g/mol. The fourth-order valence-electron chi connectivity index (χ4n) is 2.36. The van der Waals surface area contributed by atoms with Gasteiger partial charge < -0.3 is 19.9 Å². The molecule has 1 amide bonds. The summed E-state index contributed by atoms with van der Waals surface area (Å²) >= 11 is 0. The fourth-order valence-corrected chi connectivity index (χ4v) is 2.36. The number of carbonyl (C=O) groups is 2. The average Bonchev–Trinajstić information content (AvgIpc) is 2.67. The molecule has 0 bridgehead atoms. The summed E-state index contributed by atoms with van der Waals surface area (Å²) in [5, 5.41) is 11.5. The zero-order valence-corrected chi connectivity index (χ0v) is 16.6. The molecule has 168 valence electrons. The Morgan fingerprint density at radius 3 is 1.90 bits per heavy atom. The van der Waals surface area contributed by atoms with Crippen LogP contribution in [-0.4, -0.2) is 28.8 Å². The Hall–Kier alpha value is -3.37. The van der Waals surface area contributed by atoms with Gasteiger partial charge in [0.05, 0.1) is 0 Å².